The van der Waals surface area contributed by atoms with Crippen LogP contribution >= 0.6 is 0 Å². The predicted molar refractivity (Wildman–Crippen MR) is 114 cm³/mol. The van der Waals surface area contributed by atoms with Crippen LogP contribution in [0.2, 0.25) is 0 Å². The van der Waals surface area contributed by atoms with Gasteiger partial charge in [-0.25, -0.2) is 13.1 Å². The molecule has 0 spiro atoms. The number of methoxy groups -OCH3 is 1. The molecule has 11 heteroatoms. The van der Waals surface area contributed by atoms with Gasteiger partial charge < -0.3 is 10.1 Å². The third-order valence-corrected chi connectivity index (χ3v) is 6.02. The summed E-state index contributed by atoms with van der Waals surface area (Å²) in [4.78, 5) is 4.18. The zero-order valence-electron chi connectivity index (χ0n) is 16.8. The number of anilines is 1. The van der Waals surface area contributed by atoms with Crippen LogP contribution in [-0.4, -0.2) is 46.9 Å². The van der Waals surface area contributed by atoms with Crippen molar-refractivity contribution in [3.63, 3.8) is 0 Å². The first-order chi connectivity index (χ1) is 15.1. The Labute approximate surface area is 179 Å². The fourth-order valence-corrected chi connectivity index (χ4v) is 4.19. The van der Waals surface area contributed by atoms with E-state index in [1.807, 2.05) is 18.2 Å². The number of fused-ring (bicyclic) bond motifs is 1. The predicted octanol–water partition coefficient (Wildman–Crippen LogP) is 1.66. The van der Waals surface area contributed by atoms with Gasteiger partial charge >= 0.3 is 0 Å². The van der Waals surface area contributed by atoms with Crippen molar-refractivity contribution < 1.29 is 13.2 Å². The number of aromatic nitrogens is 5. The summed E-state index contributed by atoms with van der Waals surface area (Å²) in [6.07, 6.45) is 3.82. The van der Waals surface area contributed by atoms with Gasteiger partial charge in [-0.05, 0) is 35.9 Å². The van der Waals surface area contributed by atoms with Gasteiger partial charge in [0.1, 0.15) is 16.5 Å². The molecule has 0 aliphatic rings. The Hall–Kier alpha value is -3.57. The molecular formula is C20H21N7O3S. The van der Waals surface area contributed by atoms with Crippen molar-refractivity contribution in [1.29, 1.82) is 0 Å². The Morgan fingerprint density at radius 2 is 1.94 bits per heavy atom. The van der Waals surface area contributed by atoms with E-state index in [1.165, 1.54) is 13.2 Å². The van der Waals surface area contributed by atoms with Gasteiger partial charge in [-0.2, -0.15) is 4.52 Å². The zero-order chi connectivity index (χ0) is 21.7. The molecule has 3 heterocycles. The Kier molecular flexibility index (Phi) is 6.05. The second-order valence-electron chi connectivity index (χ2n) is 6.62. The number of pyridine rings is 1. The number of para-hydroxylation sites is 1. The molecule has 0 bridgehead atoms. The minimum Gasteiger partial charge on any atom is -0.495 e. The first-order valence-corrected chi connectivity index (χ1v) is 11.0. The Balaban J connectivity index is 1.44. The van der Waals surface area contributed by atoms with Crippen molar-refractivity contribution >= 4 is 21.5 Å². The number of hydrogen-bond donors (Lipinski definition) is 2. The largest absolute Gasteiger partial charge is 0.495 e. The summed E-state index contributed by atoms with van der Waals surface area (Å²) in [6.45, 7) is 0.707. The molecule has 4 rings (SSSR count). The van der Waals surface area contributed by atoms with Crippen LogP contribution in [0, 0.1) is 0 Å². The highest BCUT2D eigenvalue weighted by Gasteiger charge is 2.19. The molecule has 0 saturated carbocycles. The van der Waals surface area contributed by atoms with Gasteiger partial charge in [0.15, 0.2) is 11.5 Å². The summed E-state index contributed by atoms with van der Waals surface area (Å²) in [5.41, 5.74) is 1.61. The van der Waals surface area contributed by atoms with Gasteiger partial charge in [0, 0.05) is 31.9 Å². The van der Waals surface area contributed by atoms with Crippen LogP contribution in [-0.2, 0) is 23.0 Å². The van der Waals surface area contributed by atoms with E-state index in [1.54, 1.807) is 41.2 Å². The third-order valence-electron chi connectivity index (χ3n) is 4.52. The molecular weight excluding hydrogens is 418 g/mol. The lowest BCUT2D eigenvalue weighted by Gasteiger charge is -2.10. The summed E-state index contributed by atoms with van der Waals surface area (Å²) in [7, 11) is -2.30. The first kappa shape index (κ1) is 20.7. The standard InChI is InChI=1S/C20H21N7O3S/c1-30-16-6-2-3-7-17(16)31(28,29)23-12-10-20-25-24-19-9-8-18(26-27(19)20)22-14-15-5-4-11-21-13-15/h2-9,11,13,23H,10,12,14H2,1H3,(H,22,26). The zero-order valence-corrected chi connectivity index (χ0v) is 17.6. The fourth-order valence-electron chi connectivity index (χ4n) is 2.99. The smallest absolute Gasteiger partial charge is 0.244 e. The molecule has 0 atom stereocenters. The normalized spacial score (nSPS) is 11.5. The van der Waals surface area contributed by atoms with Crippen LogP contribution < -0.4 is 14.8 Å². The molecule has 0 aliphatic heterocycles. The molecule has 31 heavy (non-hydrogen) atoms. The molecule has 2 N–H and O–H groups in total. The molecule has 0 radical (unpaired) electrons. The van der Waals surface area contributed by atoms with E-state index in [2.05, 4.69) is 30.3 Å². The molecule has 1 aromatic carbocycles. The van der Waals surface area contributed by atoms with Crippen molar-refractivity contribution in [2.75, 3.05) is 19.0 Å². The van der Waals surface area contributed by atoms with Crippen molar-refractivity contribution in [3.8, 4) is 5.75 Å². The van der Waals surface area contributed by atoms with Crippen LogP contribution in [0.5, 0.6) is 5.75 Å². The summed E-state index contributed by atoms with van der Waals surface area (Å²) >= 11 is 0. The van der Waals surface area contributed by atoms with Gasteiger partial charge in [-0.3, -0.25) is 4.98 Å². The lowest BCUT2D eigenvalue weighted by atomic mass is 10.3. The van der Waals surface area contributed by atoms with Crippen molar-refractivity contribution in [2.45, 2.75) is 17.9 Å². The Morgan fingerprint density at radius 3 is 2.74 bits per heavy atom. The highest BCUT2D eigenvalue weighted by Crippen LogP contribution is 2.22. The Morgan fingerprint density at radius 1 is 1.06 bits per heavy atom. The maximum absolute atomic E-state index is 12.6. The summed E-state index contributed by atoms with van der Waals surface area (Å²) < 4.78 is 34.5. The summed E-state index contributed by atoms with van der Waals surface area (Å²) in [6, 6.07) is 13.9. The Bertz CT molecular complexity index is 1280. The maximum Gasteiger partial charge on any atom is 0.244 e. The van der Waals surface area contributed by atoms with Gasteiger partial charge in [0.25, 0.3) is 0 Å². The van der Waals surface area contributed by atoms with E-state index >= 15 is 0 Å². The van der Waals surface area contributed by atoms with E-state index in [0.717, 1.165) is 5.56 Å². The summed E-state index contributed by atoms with van der Waals surface area (Å²) in [5, 5.41) is 16.0. The molecule has 10 nitrogen and oxygen atoms in total. The quantitative estimate of drug-likeness (QED) is 0.404. The highest BCUT2D eigenvalue weighted by molar-refractivity contribution is 7.89. The molecule has 3 aromatic heterocycles. The van der Waals surface area contributed by atoms with Crippen molar-refractivity contribution in [2.24, 2.45) is 0 Å². The van der Waals surface area contributed by atoms with Gasteiger partial charge in [-0.15, -0.1) is 15.3 Å². The second kappa shape index (κ2) is 9.06. The van der Waals surface area contributed by atoms with Crippen LogP contribution in [0.3, 0.4) is 0 Å². The number of benzene rings is 1. The van der Waals surface area contributed by atoms with Gasteiger partial charge in [-0.1, -0.05) is 18.2 Å². The van der Waals surface area contributed by atoms with Crippen LogP contribution in [0.25, 0.3) is 5.65 Å². The lowest BCUT2D eigenvalue weighted by Crippen LogP contribution is -2.27. The fraction of sp³-hybridized carbons (Fsp3) is 0.200. The van der Waals surface area contributed by atoms with E-state index in [4.69, 9.17) is 4.74 Å². The van der Waals surface area contributed by atoms with E-state index in [9.17, 15) is 8.42 Å². The van der Waals surface area contributed by atoms with Crippen molar-refractivity contribution in [1.82, 2.24) is 29.5 Å². The average Bonchev–Trinajstić information content (AvgIpc) is 3.20. The number of sulfonamides is 1. The van der Waals surface area contributed by atoms with Gasteiger partial charge in [0.05, 0.1) is 7.11 Å². The molecule has 160 valence electrons. The topological polar surface area (TPSA) is 123 Å². The van der Waals surface area contributed by atoms with Crippen LogP contribution in [0.4, 0.5) is 5.82 Å². The number of ether oxygens (including phenoxy) is 1. The number of nitrogens with one attached hydrogen (secondary N) is 2. The number of hydrogen-bond acceptors (Lipinski definition) is 8. The van der Waals surface area contributed by atoms with E-state index in [0.29, 0.717) is 30.3 Å². The summed E-state index contributed by atoms with van der Waals surface area (Å²) in [5.74, 6) is 1.48. The van der Waals surface area contributed by atoms with E-state index < -0.39 is 10.0 Å². The maximum atomic E-state index is 12.6. The number of rotatable bonds is 9. The van der Waals surface area contributed by atoms with Crippen LogP contribution in [0.15, 0.2) is 65.8 Å². The third kappa shape index (κ3) is 4.78. The van der Waals surface area contributed by atoms with E-state index in [-0.39, 0.29) is 17.2 Å². The molecule has 0 fully saturated rings. The molecule has 0 amide bonds. The first-order valence-electron chi connectivity index (χ1n) is 9.53. The lowest BCUT2D eigenvalue weighted by molar-refractivity contribution is 0.402. The minimum absolute atomic E-state index is 0.0867. The minimum atomic E-state index is -3.73. The van der Waals surface area contributed by atoms with Gasteiger partial charge in [0.2, 0.25) is 10.0 Å². The molecule has 0 saturated heterocycles. The number of nitrogens with zero attached hydrogens (tertiary/aromatic N) is 5. The average molecular weight is 440 g/mol. The van der Waals surface area contributed by atoms with Crippen molar-refractivity contribution in [3.05, 3.63) is 72.3 Å². The van der Waals surface area contributed by atoms with Crippen LogP contribution in [0.1, 0.15) is 11.4 Å². The SMILES string of the molecule is COc1ccccc1S(=O)(=O)NCCc1nnc2ccc(NCc3cccnc3)nn12. The monoisotopic (exact) mass is 439 g/mol. The molecule has 0 aliphatic carbocycles. The second-order valence-corrected chi connectivity index (χ2v) is 8.35. The molecule has 0 unspecified atom stereocenters. The highest BCUT2D eigenvalue weighted by atomic mass is 32.2. The molecule has 4 aromatic rings.